The first-order valence-corrected chi connectivity index (χ1v) is 4.17. The largest absolute Gasteiger partial charge is 0.548 e. The van der Waals surface area contributed by atoms with Crippen LogP contribution in [-0.2, 0) is 9.59 Å². The second-order valence-corrected chi connectivity index (χ2v) is 3.52. The van der Waals surface area contributed by atoms with Crippen LogP contribution in [0, 0.1) is 0 Å². The Balaban J connectivity index is 0.00000121. The third-order valence-corrected chi connectivity index (χ3v) is 2.56. The summed E-state index contributed by atoms with van der Waals surface area (Å²) in [7, 11) is 0. The molecule has 1 aliphatic rings. The van der Waals surface area contributed by atoms with Gasteiger partial charge in [0.1, 0.15) is 4.32 Å². The monoisotopic (exact) mass is 208 g/mol. The molecule has 4 N–H and O–H groups in total. The number of carboxylic acids is 1. The van der Waals surface area contributed by atoms with Crippen molar-refractivity contribution >= 4 is 40.2 Å². The van der Waals surface area contributed by atoms with Gasteiger partial charge in [-0.25, -0.2) is 0 Å². The Labute approximate surface area is 78.7 Å². The highest BCUT2D eigenvalue weighted by molar-refractivity contribution is 8.23. The van der Waals surface area contributed by atoms with E-state index in [0.717, 1.165) is 4.90 Å². The van der Waals surface area contributed by atoms with Gasteiger partial charge in [-0.3, -0.25) is 9.69 Å². The lowest BCUT2D eigenvalue weighted by Crippen LogP contribution is -2.40. The van der Waals surface area contributed by atoms with E-state index in [-0.39, 0.29) is 17.8 Å². The maximum Gasteiger partial charge on any atom is 0.238 e. The second-order valence-electron chi connectivity index (χ2n) is 1.91. The zero-order valence-corrected chi connectivity index (χ0v) is 8.04. The number of hydrogen-bond donors (Lipinski definition) is 1. The first kappa shape index (κ1) is 11.3. The fraction of sp³-hybridized carbons (Fsp3) is 0.400. The molecule has 0 unspecified atom stereocenters. The number of carbonyl (C=O) groups is 2. The molecule has 5 nitrogen and oxygen atoms in total. The maximum absolute atomic E-state index is 10.8. The SMILES string of the molecule is O=C([O-])CN1C(=O)CSC1=S.[NH4+]. The average molecular weight is 208 g/mol. The quantitative estimate of drug-likeness (QED) is 0.585. The summed E-state index contributed by atoms with van der Waals surface area (Å²) in [5.41, 5.74) is 0. The number of hydrogen-bond acceptors (Lipinski definition) is 5. The van der Waals surface area contributed by atoms with Gasteiger partial charge in [-0.2, -0.15) is 0 Å². The van der Waals surface area contributed by atoms with Gasteiger partial charge in [0.15, 0.2) is 0 Å². The predicted molar refractivity (Wildman–Crippen MR) is 47.8 cm³/mol. The molecule has 0 aliphatic carbocycles. The van der Waals surface area contributed by atoms with Gasteiger partial charge in [-0.15, -0.1) is 0 Å². The first-order valence-electron chi connectivity index (χ1n) is 2.78. The van der Waals surface area contributed by atoms with Crippen LogP contribution >= 0.6 is 24.0 Å². The summed E-state index contributed by atoms with van der Waals surface area (Å²) in [4.78, 5) is 22.0. The summed E-state index contributed by atoms with van der Waals surface area (Å²) in [5.74, 6) is -1.31. The standard InChI is InChI=1S/C5H5NO3S2.H3N/c7-3-2-11-5(10)6(3)1-4(8)9;/h1-2H2,(H,8,9);1H3. The molecule has 0 aromatic heterocycles. The number of amides is 1. The Hall–Kier alpha value is -0.660. The van der Waals surface area contributed by atoms with Crippen molar-refractivity contribution in [1.82, 2.24) is 11.1 Å². The fourth-order valence-electron chi connectivity index (χ4n) is 0.663. The van der Waals surface area contributed by atoms with Crippen LogP contribution in [0.1, 0.15) is 0 Å². The van der Waals surface area contributed by atoms with Crippen molar-refractivity contribution in [3.8, 4) is 0 Å². The molecule has 0 aromatic rings. The number of thioether (sulfide) groups is 1. The van der Waals surface area contributed by atoms with Crippen molar-refractivity contribution in [2.24, 2.45) is 0 Å². The zero-order chi connectivity index (χ0) is 8.43. The molecular weight excluding hydrogens is 200 g/mol. The number of rotatable bonds is 2. The van der Waals surface area contributed by atoms with Crippen LogP contribution < -0.4 is 11.3 Å². The molecule has 1 aliphatic heterocycles. The lowest BCUT2D eigenvalue weighted by atomic mass is 10.5. The van der Waals surface area contributed by atoms with Crippen LogP contribution in [0.25, 0.3) is 0 Å². The molecule has 7 heteroatoms. The third kappa shape index (κ3) is 2.43. The van der Waals surface area contributed by atoms with Crippen LogP contribution in [0.15, 0.2) is 0 Å². The van der Waals surface area contributed by atoms with E-state index in [4.69, 9.17) is 12.2 Å². The Bertz CT molecular complexity index is 215. The van der Waals surface area contributed by atoms with Crippen molar-refractivity contribution < 1.29 is 14.7 Å². The molecule has 0 atom stereocenters. The highest BCUT2D eigenvalue weighted by atomic mass is 32.2. The van der Waals surface area contributed by atoms with Crippen LogP contribution in [0.3, 0.4) is 0 Å². The van der Waals surface area contributed by atoms with Crippen LogP contribution in [-0.4, -0.2) is 33.4 Å². The number of aliphatic carboxylic acids is 1. The summed E-state index contributed by atoms with van der Waals surface area (Å²) in [5, 5.41) is 10.1. The molecule has 0 radical (unpaired) electrons. The van der Waals surface area contributed by atoms with Gasteiger partial charge in [0.25, 0.3) is 0 Å². The molecule has 1 amide bonds. The van der Waals surface area contributed by atoms with E-state index in [9.17, 15) is 14.7 Å². The van der Waals surface area contributed by atoms with Gasteiger partial charge < -0.3 is 16.1 Å². The predicted octanol–water partition coefficient (Wildman–Crippen LogP) is -1.03. The number of carboxylic acid groups (broad SMARTS) is 1. The molecule has 0 spiro atoms. The lowest BCUT2D eigenvalue weighted by molar-refractivity contribution is -0.305. The van der Waals surface area contributed by atoms with E-state index < -0.39 is 12.5 Å². The van der Waals surface area contributed by atoms with Gasteiger partial charge in [0.2, 0.25) is 5.91 Å². The second kappa shape index (κ2) is 4.39. The van der Waals surface area contributed by atoms with Gasteiger partial charge in [0, 0.05) is 0 Å². The summed E-state index contributed by atoms with van der Waals surface area (Å²) in [6.07, 6.45) is 0. The first-order chi connectivity index (χ1) is 5.11. The van der Waals surface area contributed by atoms with Crippen molar-refractivity contribution in [2.75, 3.05) is 12.3 Å². The minimum atomic E-state index is -1.29. The summed E-state index contributed by atoms with van der Waals surface area (Å²) in [6.45, 7) is -0.426. The van der Waals surface area contributed by atoms with Crippen molar-refractivity contribution in [2.45, 2.75) is 0 Å². The number of nitrogens with zero attached hydrogens (tertiary/aromatic N) is 1. The molecule has 1 fully saturated rings. The highest BCUT2D eigenvalue weighted by Gasteiger charge is 2.25. The van der Waals surface area contributed by atoms with E-state index in [1.165, 1.54) is 11.8 Å². The zero-order valence-electron chi connectivity index (χ0n) is 6.40. The molecule has 1 heterocycles. The van der Waals surface area contributed by atoms with Crippen LogP contribution in [0.5, 0.6) is 0 Å². The van der Waals surface area contributed by atoms with Crippen molar-refractivity contribution in [3.05, 3.63) is 0 Å². The Morgan fingerprint density at radius 3 is 2.67 bits per heavy atom. The van der Waals surface area contributed by atoms with E-state index in [2.05, 4.69) is 0 Å². The minimum Gasteiger partial charge on any atom is -0.548 e. The van der Waals surface area contributed by atoms with Gasteiger partial charge in [-0.05, 0) is 0 Å². The molecule has 0 saturated carbocycles. The van der Waals surface area contributed by atoms with E-state index in [1.807, 2.05) is 0 Å². The Morgan fingerprint density at radius 1 is 1.75 bits per heavy atom. The number of thiocarbonyl (C=S) groups is 1. The topological polar surface area (TPSA) is 96.9 Å². The third-order valence-electron chi connectivity index (χ3n) is 1.13. The van der Waals surface area contributed by atoms with Crippen molar-refractivity contribution in [3.63, 3.8) is 0 Å². The highest BCUT2D eigenvalue weighted by Crippen LogP contribution is 2.18. The summed E-state index contributed by atoms with van der Waals surface area (Å²) in [6, 6.07) is 0. The summed E-state index contributed by atoms with van der Waals surface area (Å²) < 4.78 is 0.319. The summed E-state index contributed by atoms with van der Waals surface area (Å²) >= 11 is 5.89. The molecular formula is C5H8N2O3S2. The van der Waals surface area contributed by atoms with Gasteiger partial charge in [-0.1, -0.05) is 24.0 Å². The number of carbonyl (C=O) groups excluding carboxylic acids is 2. The Kier molecular flexibility index (Phi) is 4.15. The van der Waals surface area contributed by atoms with Crippen LogP contribution in [0.4, 0.5) is 0 Å². The van der Waals surface area contributed by atoms with E-state index >= 15 is 0 Å². The number of quaternary nitrogens is 1. The Morgan fingerprint density at radius 2 is 2.33 bits per heavy atom. The fourth-order valence-corrected chi connectivity index (χ4v) is 1.73. The van der Waals surface area contributed by atoms with E-state index in [0.29, 0.717) is 4.32 Å². The molecule has 1 rings (SSSR count). The molecule has 68 valence electrons. The van der Waals surface area contributed by atoms with Crippen molar-refractivity contribution in [1.29, 1.82) is 0 Å². The molecule has 1 saturated heterocycles. The molecule has 12 heavy (non-hydrogen) atoms. The smallest absolute Gasteiger partial charge is 0.238 e. The van der Waals surface area contributed by atoms with Gasteiger partial charge in [0.05, 0.1) is 18.3 Å². The van der Waals surface area contributed by atoms with Gasteiger partial charge >= 0.3 is 0 Å². The van der Waals surface area contributed by atoms with Crippen LogP contribution in [0.2, 0.25) is 0 Å². The molecule has 0 bridgehead atoms. The normalized spacial score (nSPS) is 16.2. The maximum atomic E-state index is 10.8. The van der Waals surface area contributed by atoms with E-state index in [1.54, 1.807) is 0 Å². The molecule has 0 aromatic carbocycles. The lowest BCUT2D eigenvalue weighted by Gasteiger charge is -2.14. The minimum absolute atomic E-state index is 0. The average Bonchev–Trinajstić information content (AvgIpc) is 2.18.